The Bertz CT molecular complexity index is 486. The molecular formula is C13H15F6NO2. The number of pyridine rings is 1. The minimum absolute atomic E-state index is 0.0346. The molecule has 1 unspecified atom stereocenters. The maximum atomic E-state index is 12.5. The van der Waals surface area contributed by atoms with Gasteiger partial charge in [-0.25, -0.2) is 4.98 Å². The van der Waals surface area contributed by atoms with Crippen LogP contribution in [0.2, 0.25) is 0 Å². The first-order valence-electron chi connectivity index (χ1n) is 6.38. The van der Waals surface area contributed by atoms with E-state index in [9.17, 15) is 26.3 Å². The molecule has 0 aliphatic rings. The van der Waals surface area contributed by atoms with E-state index in [4.69, 9.17) is 5.11 Å². The van der Waals surface area contributed by atoms with Crippen LogP contribution in [0.1, 0.15) is 31.9 Å². The minimum atomic E-state index is -5.92. The molecule has 0 aromatic carbocycles. The van der Waals surface area contributed by atoms with Gasteiger partial charge in [0.25, 0.3) is 5.60 Å². The molecule has 1 rings (SSSR count). The van der Waals surface area contributed by atoms with Crippen molar-refractivity contribution in [2.45, 2.75) is 44.1 Å². The third-order valence-electron chi connectivity index (χ3n) is 3.23. The number of aromatic nitrogens is 1. The minimum Gasteiger partial charge on any atom is -0.474 e. The van der Waals surface area contributed by atoms with E-state index >= 15 is 0 Å². The summed E-state index contributed by atoms with van der Waals surface area (Å²) in [4.78, 5) is 3.84. The van der Waals surface area contributed by atoms with Crippen molar-refractivity contribution >= 4 is 0 Å². The highest BCUT2D eigenvalue weighted by Gasteiger charge is 2.71. The van der Waals surface area contributed by atoms with E-state index in [-0.39, 0.29) is 5.92 Å². The SMILES string of the molecule is CCC(C)c1cccc(OCC(O)(C(F)(F)F)C(F)(F)F)n1. The second kappa shape index (κ2) is 6.31. The zero-order chi connectivity index (χ0) is 17.2. The molecule has 3 nitrogen and oxygen atoms in total. The Morgan fingerprint density at radius 1 is 1.14 bits per heavy atom. The Morgan fingerprint density at radius 3 is 2.14 bits per heavy atom. The van der Waals surface area contributed by atoms with Gasteiger partial charge in [0.1, 0.15) is 6.61 Å². The fraction of sp³-hybridized carbons (Fsp3) is 0.615. The fourth-order valence-corrected chi connectivity index (χ4v) is 1.50. The summed E-state index contributed by atoms with van der Waals surface area (Å²) in [6.45, 7) is 1.64. The van der Waals surface area contributed by atoms with Gasteiger partial charge in [-0.15, -0.1) is 0 Å². The molecule has 0 bridgehead atoms. The molecule has 0 saturated heterocycles. The first-order valence-corrected chi connectivity index (χ1v) is 6.38. The average Bonchev–Trinajstić information content (AvgIpc) is 2.41. The van der Waals surface area contributed by atoms with E-state index in [1.54, 1.807) is 13.0 Å². The molecule has 0 saturated carbocycles. The third-order valence-corrected chi connectivity index (χ3v) is 3.23. The summed E-state index contributed by atoms with van der Waals surface area (Å²) in [5, 5.41) is 8.97. The van der Waals surface area contributed by atoms with Gasteiger partial charge in [0.2, 0.25) is 5.88 Å². The largest absolute Gasteiger partial charge is 0.474 e. The number of aliphatic hydroxyl groups is 1. The number of nitrogens with zero attached hydrogens (tertiary/aromatic N) is 1. The highest BCUT2D eigenvalue weighted by atomic mass is 19.4. The lowest BCUT2D eigenvalue weighted by Crippen LogP contribution is -2.60. The lowest BCUT2D eigenvalue weighted by Gasteiger charge is -2.31. The van der Waals surface area contributed by atoms with Crippen molar-refractivity contribution in [3.05, 3.63) is 23.9 Å². The van der Waals surface area contributed by atoms with E-state index < -0.39 is 30.4 Å². The Morgan fingerprint density at radius 2 is 1.68 bits per heavy atom. The Kier molecular flexibility index (Phi) is 5.32. The molecule has 0 radical (unpaired) electrons. The highest BCUT2D eigenvalue weighted by Crippen LogP contribution is 2.43. The molecule has 22 heavy (non-hydrogen) atoms. The van der Waals surface area contributed by atoms with Crippen LogP contribution in [0.4, 0.5) is 26.3 Å². The summed E-state index contributed by atoms with van der Waals surface area (Å²) < 4.78 is 79.4. The first-order chi connectivity index (χ1) is 9.92. The molecule has 0 aliphatic heterocycles. The van der Waals surface area contributed by atoms with Crippen molar-refractivity contribution in [2.75, 3.05) is 6.61 Å². The predicted octanol–water partition coefficient (Wildman–Crippen LogP) is 3.83. The zero-order valence-corrected chi connectivity index (χ0v) is 11.8. The van der Waals surface area contributed by atoms with E-state index in [2.05, 4.69) is 9.72 Å². The lowest BCUT2D eigenvalue weighted by atomic mass is 10.0. The number of rotatable bonds is 5. The van der Waals surface area contributed by atoms with Crippen LogP contribution in [0.3, 0.4) is 0 Å². The van der Waals surface area contributed by atoms with Gasteiger partial charge >= 0.3 is 12.4 Å². The van der Waals surface area contributed by atoms with Crippen molar-refractivity contribution in [1.82, 2.24) is 4.98 Å². The second-order valence-electron chi connectivity index (χ2n) is 4.85. The number of hydrogen-bond acceptors (Lipinski definition) is 3. The Hall–Kier alpha value is -1.51. The topological polar surface area (TPSA) is 42.4 Å². The summed E-state index contributed by atoms with van der Waals surface area (Å²) >= 11 is 0. The summed E-state index contributed by atoms with van der Waals surface area (Å²) in [7, 11) is 0. The average molecular weight is 331 g/mol. The molecule has 1 heterocycles. The number of halogens is 6. The van der Waals surface area contributed by atoms with E-state index in [1.807, 2.05) is 6.92 Å². The number of alkyl halides is 6. The molecule has 9 heteroatoms. The number of ether oxygens (including phenoxy) is 1. The van der Waals surface area contributed by atoms with Gasteiger partial charge in [-0.3, -0.25) is 0 Å². The molecule has 0 amide bonds. The van der Waals surface area contributed by atoms with Crippen LogP contribution in [0.15, 0.2) is 18.2 Å². The lowest BCUT2D eigenvalue weighted by molar-refractivity contribution is -0.373. The predicted molar refractivity (Wildman–Crippen MR) is 65.5 cm³/mol. The molecule has 1 aromatic rings. The quantitative estimate of drug-likeness (QED) is 0.834. The van der Waals surface area contributed by atoms with Crippen molar-refractivity contribution < 1.29 is 36.2 Å². The van der Waals surface area contributed by atoms with E-state index in [0.29, 0.717) is 12.1 Å². The fourth-order valence-electron chi connectivity index (χ4n) is 1.50. The molecule has 1 atom stereocenters. The molecule has 1 N–H and O–H groups in total. The van der Waals surface area contributed by atoms with Crippen molar-refractivity contribution in [2.24, 2.45) is 0 Å². The summed E-state index contributed by atoms with van der Waals surface area (Å²) in [6, 6.07) is 4.11. The molecule has 0 aliphatic carbocycles. The van der Waals surface area contributed by atoms with Gasteiger partial charge in [0.05, 0.1) is 0 Å². The van der Waals surface area contributed by atoms with Gasteiger partial charge in [-0.2, -0.15) is 26.3 Å². The Labute approximate surface area is 122 Å². The monoisotopic (exact) mass is 331 g/mol. The van der Waals surface area contributed by atoms with Gasteiger partial charge in [-0.05, 0) is 18.4 Å². The summed E-state index contributed by atoms with van der Waals surface area (Å²) in [6.07, 6.45) is -11.1. The third kappa shape index (κ3) is 3.82. The second-order valence-corrected chi connectivity index (χ2v) is 4.85. The van der Waals surface area contributed by atoms with Crippen molar-refractivity contribution in [3.63, 3.8) is 0 Å². The van der Waals surface area contributed by atoms with Crippen LogP contribution < -0.4 is 4.74 Å². The molecular weight excluding hydrogens is 316 g/mol. The van der Waals surface area contributed by atoms with Gasteiger partial charge in [-0.1, -0.05) is 19.9 Å². The van der Waals surface area contributed by atoms with Crippen LogP contribution in [0.25, 0.3) is 0 Å². The summed E-state index contributed by atoms with van der Waals surface area (Å²) in [5.74, 6) is -0.447. The van der Waals surface area contributed by atoms with Crippen molar-refractivity contribution in [3.8, 4) is 5.88 Å². The van der Waals surface area contributed by atoms with Gasteiger partial charge < -0.3 is 9.84 Å². The normalized spacial score (nSPS) is 14.8. The zero-order valence-electron chi connectivity index (χ0n) is 11.8. The van der Waals surface area contributed by atoms with Crippen LogP contribution >= 0.6 is 0 Å². The van der Waals surface area contributed by atoms with Crippen LogP contribution in [-0.4, -0.2) is 34.7 Å². The highest BCUT2D eigenvalue weighted by molar-refractivity contribution is 5.18. The summed E-state index contributed by atoms with van der Waals surface area (Å²) in [5.41, 5.74) is -4.48. The van der Waals surface area contributed by atoms with Crippen LogP contribution in [0.5, 0.6) is 5.88 Å². The van der Waals surface area contributed by atoms with Crippen LogP contribution in [0, 0.1) is 0 Å². The maximum absolute atomic E-state index is 12.5. The van der Waals surface area contributed by atoms with Crippen molar-refractivity contribution in [1.29, 1.82) is 0 Å². The maximum Gasteiger partial charge on any atom is 0.429 e. The smallest absolute Gasteiger partial charge is 0.429 e. The Balaban J connectivity index is 2.96. The molecule has 1 aromatic heterocycles. The molecule has 126 valence electrons. The first kappa shape index (κ1) is 18.5. The standard InChI is InChI=1S/C13H15F6NO2/c1-3-8(2)9-5-4-6-10(20-9)22-7-11(21,12(14,15)16)13(17,18)19/h4-6,8,21H,3,7H2,1-2H3. The molecule has 0 spiro atoms. The van der Waals surface area contributed by atoms with E-state index in [0.717, 1.165) is 6.07 Å². The van der Waals surface area contributed by atoms with Crippen LogP contribution in [-0.2, 0) is 0 Å². The number of hydrogen-bond donors (Lipinski definition) is 1. The van der Waals surface area contributed by atoms with E-state index in [1.165, 1.54) is 6.07 Å². The van der Waals surface area contributed by atoms with Gasteiger partial charge in [0, 0.05) is 11.8 Å². The van der Waals surface area contributed by atoms with Gasteiger partial charge in [0.15, 0.2) is 0 Å². The molecule has 0 fully saturated rings.